The average molecular weight is 350 g/mol. The molecule has 25 heavy (non-hydrogen) atoms. The highest BCUT2D eigenvalue weighted by Gasteiger charge is 2.29. The molecule has 1 N–H and O–H groups in total. The number of carbonyl (C=O) groups excluding carboxylic acids is 1. The lowest BCUT2D eigenvalue weighted by atomic mass is 9.83. The molecular weight excluding hydrogens is 328 g/mol. The number of fused-ring (bicyclic) bond motifs is 1. The predicted octanol–water partition coefficient (Wildman–Crippen LogP) is 5.02. The Labute approximate surface area is 152 Å². The quantitative estimate of drug-likeness (QED) is 0.845. The van der Waals surface area contributed by atoms with Crippen LogP contribution in [0.3, 0.4) is 0 Å². The molecule has 0 spiro atoms. The van der Waals surface area contributed by atoms with Crippen molar-refractivity contribution in [2.75, 3.05) is 5.32 Å². The van der Waals surface area contributed by atoms with Gasteiger partial charge in [-0.1, -0.05) is 43.2 Å². The lowest BCUT2D eigenvalue weighted by molar-refractivity contribution is -0.119. The van der Waals surface area contributed by atoms with Gasteiger partial charge in [-0.05, 0) is 49.1 Å². The van der Waals surface area contributed by atoms with E-state index in [0.717, 1.165) is 49.9 Å². The minimum Gasteiger partial charge on any atom is -0.316 e. The second-order valence-corrected chi connectivity index (χ2v) is 8.25. The molecular formula is C21H22N2OS. The van der Waals surface area contributed by atoms with E-state index in [-0.39, 0.29) is 11.8 Å². The monoisotopic (exact) mass is 350 g/mol. The summed E-state index contributed by atoms with van der Waals surface area (Å²) < 4.78 is 0. The predicted molar refractivity (Wildman–Crippen MR) is 101 cm³/mol. The van der Waals surface area contributed by atoms with Crippen LogP contribution in [0.4, 0.5) is 5.00 Å². The van der Waals surface area contributed by atoms with Crippen LogP contribution in [-0.4, -0.2) is 5.91 Å². The van der Waals surface area contributed by atoms with Crippen molar-refractivity contribution in [2.24, 2.45) is 5.92 Å². The van der Waals surface area contributed by atoms with E-state index in [9.17, 15) is 10.1 Å². The van der Waals surface area contributed by atoms with Gasteiger partial charge in [0.05, 0.1) is 5.56 Å². The van der Waals surface area contributed by atoms with E-state index >= 15 is 0 Å². The third-order valence-electron chi connectivity index (χ3n) is 5.61. The first-order chi connectivity index (χ1) is 12.3. The number of nitrogens with one attached hydrogen (secondary N) is 1. The number of nitrogens with zero attached hydrogens (tertiary/aromatic N) is 1. The van der Waals surface area contributed by atoms with Gasteiger partial charge in [-0.2, -0.15) is 5.26 Å². The van der Waals surface area contributed by atoms with Gasteiger partial charge in [0, 0.05) is 10.8 Å². The van der Waals surface area contributed by atoms with Crippen LogP contribution in [-0.2, 0) is 17.6 Å². The van der Waals surface area contributed by atoms with E-state index in [1.54, 1.807) is 11.3 Å². The maximum absolute atomic E-state index is 12.5. The molecule has 1 saturated carbocycles. The summed E-state index contributed by atoms with van der Waals surface area (Å²) in [7, 11) is 0. The van der Waals surface area contributed by atoms with Gasteiger partial charge in [-0.15, -0.1) is 11.3 Å². The molecule has 1 amide bonds. The Morgan fingerprint density at radius 2 is 1.92 bits per heavy atom. The highest BCUT2D eigenvalue weighted by Crippen LogP contribution is 2.42. The normalized spacial score (nSPS) is 20.0. The van der Waals surface area contributed by atoms with E-state index in [1.165, 1.54) is 16.0 Å². The van der Waals surface area contributed by atoms with Crippen LogP contribution in [0.5, 0.6) is 0 Å². The largest absolute Gasteiger partial charge is 0.316 e. The minimum atomic E-state index is 0.104. The van der Waals surface area contributed by atoms with Gasteiger partial charge < -0.3 is 5.32 Å². The van der Waals surface area contributed by atoms with Gasteiger partial charge in [0.1, 0.15) is 11.1 Å². The summed E-state index contributed by atoms with van der Waals surface area (Å²) in [6.45, 7) is 0. The molecule has 1 atom stereocenters. The van der Waals surface area contributed by atoms with Gasteiger partial charge in [-0.3, -0.25) is 4.79 Å². The second-order valence-electron chi connectivity index (χ2n) is 7.14. The molecule has 128 valence electrons. The summed E-state index contributed by atoms with van der Waals surface area (Å²) in [6, 6.07) is 13.0. The van der Waals surface area contributed by atoms with Crippen molar-refractivity contribution in [3.63, 3.8) is 0 Å². The van der Waals surface area contributed by atoms with Crippen molar-refractivity contribution in [3.05, 3.63) is 51.9 Å². The standard InChI is InChI=1S/C21H22N2OS/c22-13-18-17-11-10-16(14-6-2-1-3-7-14)12-19(17)25-21(18)23-20(24)15-8-4-5-9-15/h1-3,6-7,15-16H,4-5,8-12H2,(H,23,24). The first-order valence-electron chi connectivity index (χ1n) is 9.16. The fraction of sp³-hybridized carbons (Fsp3) is 0.429. The van der Waals surface area contributed by atoms with Crippen molar-refractivity contribution in [2.45, 2.75) is 50.9 Å². The lowest BCUT2D eigenvalue weighted by Gasteiger charge is -2.22. The van der Waals surface area contributed by atoms with Crippen molar-refractivity contribution in [1.82, 2.24) is 0 Å². The van der Waals surface area contributed by atoms with Crippen molar-refractivity contribution in [3.8, 4) is 6.07 Å². The van der Waals surface area contributed by atoms with E-state index in [4.69, 9.17) is 0 Å². The maximum Gasteiger partial charge on any atom is 0.228 e. The fourth-order valence-corrected chi connectivity index (χ4v) is 5.48. The Balaban J connectivity index is 1.56. The molecule has 0 radical (unpaired) electrons. The number of hydrogen-bond acceptors (Lipinski definition) is 3. The fourth-order valence-electron chi connectivity index (χ4n) is 4.20. The number of nitriles is 1. The van der Waals surface area contributed by atoms with Crippen molar-refractivity contribution in [1.29, 1.82) is 5.26 Å². The second kappa shape index (κ2) is 7.01. The molecule has 4 heteroatoms. The Morgan fingerprint density at radius 1 is 1.16 bits per heavy atom. The number of rotatable bonds is 3. The molecule has 2 aliphatic carbocycles. The van der Waals surface area contributed by atoms with Crippen LogP contribution in [0.2, 0.25) is 0 Å². The van der Waals surface area contributed by atoms with Crippen molar-refractivity contribution < 1.29 is 4.79 Å². The van der Waals surface area contributed by atoms with Crippen LogP contribution in [0.25, 0.3) is 0 Å². The molecule has 1 unspecified atom stereocenters. The zero-order valence-electron chi connectivity index (χ0n) is 14.3. The first-order valence-corrected chi connectivity index (χ1v) is 9.98. The van der Waals surface area contributed by atoms with Crippen LogP contribution in [0, 0.1) is 17.2 Å². The zero-order chi connectivity index (χ0) is 17.2. The van der Waals surface area contributed by atoms with Gasteiger partial charge >= 0.3 is 0 Å². The van der Waals surface area contributed by atoms with Gasteiger partial charge in [-0.25, -0.2) is 0 Å². The molecule has 3 nitrogen and oxygen atoms in total. The van der Waals surface area contributed by atoms with Crippen molar-refractivity contribution >= 4 is 22.2 Å². The number of benzene rings is 1. The summed E-state index contributed by atoms with van der Waals surface area (Å²) in [6.07, 6.45) is 7.21. The molecule has 2 aromatic rings. The molecule has 0 saturated heterocycles. The number of hydrogen-bond donors (Lipinski definition) is 1. The van der Waals surface area contributed by atoms with Crippen LogP contribution in [0.15, 0.2) is 30.3 Å². The molecule has 2 aliphatic rings. The third-order valence-corrected chi connectivity index (χ3v) is 6.78. The Kier molecular flexibility index (Phi) is 4.59. The molecule has 1 heterocycles. The summed E-state index contributed by atoms with van der Waals surface area (Å²) in [5.41, 5.74) is 3.25. The van der Waals surface area contributed by atoms with Crippen LogP contribution in [0.1, 0.15) is 59.6 Å². The van der Waals surface area contributed by atoms with E-state index in [0.29, 0.717) is 11.5 Å². The summed E-state index contributed by atoms with van der Waals surface area (Å²) >= 11 is 1.62. The molecule has 1 aromatic carbocycles. The summed E-state index contributed by atoms with van der Waals surface area (Å²) in [4.78, 5) is 13.7. The number of thiophene rings is 1. The molecule has 1 fully saturated rings. The van der Waals surface area contributed by atoms with E-state index in [2.05, 4.69) is 35.7 Å². The van der Waals surface area contributed by atoms with E-state index < -0.39 is 0 Å². The molecule has 0 bridgehead atoms. The van der Waals surface area contributed by atoms with Crippen LogP contribution >= 0.6 is 11.3 Å². The third kappa shape index (κ3) is 3.21. The highest BCUT2D eigenvalue weighted by atomic mass is 32.1. The lowest BCUT2D eigenvalue weighted by Crippen LogP contribution is -2.20. The highest BCUT2D eigenvalue weighted by molar-refractivity contribution is 7.16. The number of amides is 1. The smallest absolute Gasteiger partial charge is 0.228 e. The SMILES string of the molecule is N#Cc1c(NC(=O)C2CCCC2)sc2c1CCC(c1ccccc1)C2. The number of carbonyl (C=O) groups is 1. The molecule has 1 aromatic heterocycles. The van der Waals surface area contributed by atoms with Gasteiger partial charge in [0.15, 0.2) is 0 Å². The van der Waals surface area contributed by atoms with E-state index in [1.807, 2.05) is 6.07 Å². The van der Waals surface area contributed by atoms with Gasteiger partial charge in [0.25, 0.3) is 0 Å². The number of anilines is 1. The molecule has 4 rings (SSSR count). The Hall–Kier alpha value is -2.12. The topological polar surface area (TPSA) is 52.9 Å². The molecule has 0 aliphatic heterocycles. The Bertz CT molecular complexity index is 812. The zero-order valence-corrected chi connectivity index (χ0v) is 15.1. The van der Waals surface area contributed by atoms with Gasteiger partial charge in [0.2, 0.25) is 5.91 Å². The maximum atomic E-state index is 12.5. The Morgan fingerprint density at radius 3 is 2.64 bits per heavy atom. The first kappa shape index (κ1) is 16.4. The van der Waals surface area contributed by atoms with Crippen LogP contribution < -0.4 is 5.32 Å². The average Bonchev–Trinajstić information content (AvgIpc) is 3.29. The summed E-state index contributed by atoms with van der Waals surface area (Å²) in [5, 5.41) is 13.5. The summed E-state index contributed by atoms with van der Waals surface area (Å²) in [5.74, 6) is 0.743. The minimum absolute atomic E-state index is 0.104.